The lowest BCUT2D eigenvalue weighted by Gasteiger charge is -2.32. The molecule has 0 bridgehead atoms. The van der Waals surface area contributed by atoms with Crippen LogP contribution in [0, 0.1) is 11.8 Å². The van der Waals surface area contributed by atoms with Crippen molar-refractivity contribution in [2.24, 2.45) is 11.8 Å². The SMILES string of the molecule is CC1CC(C)CC(NCc2ccccc2OC(F)(F)F)C1. The first-order valence-electron chi connectivity index (χ1n) is 7.40. The lowest BCUT2D eigenvalue weighted by molar-refractivity contribution is -0.274. The van der Waals surface area contributed by atoms with Crippen LogP contribution in [0.4, 0.5) is 13.2 Å². The predicted octanol–water partition coefficient (Wildman–Crippen LogP) is 4.50. The van der Waals surface area contributed by atoms with Crippen molar-refractivity contribution in [1.29, 1.82) is 0 Å². The normalized spacial score (nSPS) is 26.6. The standard InChI is InChI=1S/C16H22F3NO/c1-11-7-12(2)9-14(8-11)20-10-13-5-3-4-6-15(13)21-16(17,18)19/h3-6,11-12,14,20H,7-10H2,1-2H3. The van der Waals surface area contributed by atoms with Crippen molar-refractivity contribution in [3.8, 4) is 5.75 Å². The third kappa shape index (κ3) is 5.23. The highest BCUT2D eigenvalue weighted by molar-refractivity contribution is 5.33. The Balaban J connectivity index is 1.96. The second-order valence-electron chi connectivity index (χ2n) is 6.15. The van der Waals surface area contributed by atoms with Crippen LogP contribution >= 0.6 is 0 Å². The Bertz CT molecular complexity index is 451. The maximum absolute atomic E-state index is 12.4. The van der Waals surface area contributed by atoms with E-state index in [1.54, 1.807) is 18.2 Å². The maximum Gasteiger partial charge on any atom is 0.573 e. The Hall–Kier alpha value is -1.23. The van der Waals surface area contributed by atoms with Crippen LogP contribution in [-0.2, 0) is 6.54 Å². The fraction of sp³-hybridized carbons (Fsp3) is 0.625. The molecule has 0 aliphatic heterocycles. The van der Waals surface area contributed by atoms with Crippen LogP contribution in [0.2, 0.25) is 0 Å². The van der Waals surface area contributed by atoms with Gasteiger partial charge in [0.25, 0.3) is 0 Å². The van der Waals surface area contributed by atoms with Crippen molar-refractivity contribution in [3.63, 3.8) is 0 Å². The van der Waals surface area contributed by atoms with Gasteiger partial charge in [-0.1, -0.05) is 32.0 Å². The quantitative estimate of drug-likeness (QED) is 0.884. The fourth-order valence-electron chi connectivity index (χ4n) is 3.24. The molecule has 21 heavy (non-hydrogen) atoms. The number of hydrogen-bond donors (Lipinski definition) is 1. The van der Waals surface area contributed by atoms with Crippen LogP contribution in [-0.4, -0.2) is 12.4 Å². The molecule has 1 aromatic carbocycles. The lowest BCUT2D eigenvalue weighted by Crippen LogP contribution is -2.36. The highest BCUT2D eigenvalue weighted by Crippen LogP contribution is 2.30. The van der Waals surface area contributed by atoms with E-state index in [4.69, 9.17) is 0 Å². The highest BCUT2D eigenvalue weighted by Gasteiger charge is 2.32. The van der Waals surface area contributed by atoms with Crippen molar-refractivity contribution in [2.45, 2.75) is 52.1 Å². The minimum absolute atomic E-state index is 0.116. The van der Waals surface area contributed by atoms with Crippen LogP contribution < -0.4 is 10.1 Å². The summed E-state index contributed by atoms with van der Waals surface area (Å²) in [6.45, 7) is 4.85. The van der Waals surface area contributed by atoms with Gasteiger partial charge in [-0.3, -0.25) is 0 Å². The fourth-order valence-corrected chi connectivity index (χ4v) is 3.24. The van der Waals surface area contributed by atoms with E-state index < -0.39 is 6.36 Å². The Morgan fingerprint density at radius 3 is 2.33 bits per heavy atom. The van der Waals surface area contributed by atoms with Gasteiger partial charge in [-0.2, -0.15) is 0 Å². The zero-order chi connectivity index (χ0) is 15.5. The van der Waals surface area contributed by atoms with Crippen LogP contribution in [0.15, 0.2) is 24.3 Å². The van der Waals surface area contributed by atoms with Crippen molar-refractivity contribution in [3.05, 3.63) is 29.8 Å². The Kier molecular flexibility index (Phi) is 5.14. The Morgan fingerprint density at radius 2 is 1.71 bits per heavy atom. The Labute approximate surface area is 123 Å². The molecule has 118 valence electrons. The van der Waals surface area contributed by atoms with Crippen molar-refractivity contribution in [1.82, 2.24) is 5.32 Å². The van der Waals surface area contributed by atoms with Crippen LogP contribution in [0.25, 0.3) is 0 Å². The number of nitrogens with one attached hydrogen (secondary N) is 1. The van der Waals surface area contributed by atoms with Gasteiger partial charge in [0, 0.05) is 18.2 Å². The summed E-state index contributed by atoms with van der Waals surface area (Å²) in [4.78, 5) is 0. The van der Waals surface area contributed by atoms with Gasteiger partial charge in [0.15, 0.2) is 0 Å². The molecule has 0 aromatic heterocycles. The van der Waals surface area contributed by atoms with Gasteiger partial charge in [-0.25, -0.2) is 0 Å². The topological polar surface area (TPSA) is 21.3 Å². The van der Waals surface area contributed by atoms with Gasteiger partial charge in [0.1, 0.15) is 5.75 Å². The number of hydrogen-bond acceptors (Lipinski definition) is 2. The number of alkyl halides is 3. The molecule has 2 atom stereocenters. The summed E-state index contributed by atoms with van der Waals surface area (Å²) in [5, 5.41) is 3.38. The molecule has 1 saturated carbocycles. The number of ether oxygens (including phenoxy) is 1. The van der Waals surface area contributed by atoms with Crippen molar-refractivity contribution in [2.75, 3.05) is 0 Å². The van der Waals surface area contributed by atoms with Gasteiger partial charge in [0.2, 0.25) is 0 Å². The molecule has 0 spiro atoms. The van der Waals surface area contributed by atoms with E-state index in [0.29, 0.717) is 30.0 Å². The number of halogens is 3. The molecule has 2 unspecified atom stereocenters. The van der Waals surface area contributed by atoms with E-state index in [-0.39, 0.29) is 5.75 Å². The summed E-state index contributed by atoms with van der Waals surface area (Å²) in [5.74, 6) is 1.20. The van der Waals surface area contributed by atoms with E-state index in [0.717, 1.165) is 12.8 Å². The van der Waals surface area contributed by atoms with Gasteiger partial charge in [-0.15, -0.1) is 13.2 Å². The molecular weight excluding hydrogens is 279 g/mol. The predicted molar refractivity (Wildman–Crippen MR) is 75.9 cm³/mol. The first-order valence-corrected chi connectivity index (χ1v) is 7.40. The molecule has 0 amide bonds. The molecule has 1 aliphatic rings. The van der Waals surface area contributed by atoms with Crippen LogP contribution in [0.1, 0.15) is 38.7 Å². The average Bonchev–Trinajstić information content (AvgIpc) is 2.35. The van der Waals surface area contributed by atoms with E-state index in [1.165, 1.54) is 12.5 Å². The van der Waals surface area contributed by atoms with Gasteiger partial charge in [0.05, 0.1) is 0 Å². The van der Waals surface area contributed by atoms with Crippen molar-refractivity contribution < 1.29 is 17.9 Å². The maximum atomic E-state index is 12.4. The second kappa shape index (κ2) is 6.69. The zero-order valence-electron chi connectivity index (χ0n) is 12.4. The van der Waals surface area contributed by atoms with E-state index in [1.807, 2.05) is 0 Å². The minimum atomic E-state index is -4.65. The molecule has 1 aromatic rings. The molecule has 1 aliphatic carbocycles. The smallest absolute Gasteiger partial charge is 0.405 e. The molecule has 0 heterocycles. The first kappa shape index (κ1) is 16.1. The summed E-state index contributed by atoms with van der Waals surface area (Å²) in [6, 6.07) is 6.67. The molecule has 0 radical (unpaired) electrons. The number of rotatable bonds is 4. The molecule has 1 fully saturated rings. The lowest BCUT2D eigenvalue weighted by atomic mass is 9.80. The summed E-state index contributed by atoms with van der Waals surface area (Å²) in [6.07, 6.45) is -1.27. The highest BCUT2D eigenvalue weighted by atomic mass is 19.4. The number of benzene rings is 1. The van der Waals surface area contributed by atoms with Gasteiger partial charge >= 0.3 is 6.36 Å². The molecular formula is C16H22F3NO. The van der Waals surface area contributed by atoms with Crippen molar-refractivity contribution >= 4 is 0 Å². The monoisotopic (exact) mass is 301 g/mol. The largest absolute Gasteiger partial charge is 0.573 e. The summed E-state index contributed by atoms with van der Waals surface area (Å²) in [5.41, 5.74) is 0.542. The van der Waals surface area contributed by atoms with Crippen LogP contribution in [0.3, 0.4) is 0 Å². The summed E-state index contributed by atoms with van der Waals surface area (Å²) < 4.78 is 41.2. The molecule has 1 N–H and O–H groups in total. The second-order valence-corrected chi connectivity index (χ2v) is 6.15. The summed E-state index contributed by atoms with van der Waals surface area (Å²) >= 11 is 0. The van der Waals surface area contributed by atoms with Gasteiger partial charge in [-0.05, 0) is 37.2 Å². The zero-order valence-corrected chi connectivity index (χ0v) is 12.4. The van der Waals surface area contributed by atoms with E-state index in [9.17, 15) is 13.2 Å². The first-order chi connectivity index (χ1) is 9.83. The molecule has 2 rings (SSSR count). The Morgan fingerprint density at radius 1 is 1.10 bits per heavy atom. The average molecular weight is 301 g/mol. The number of para-hydroxylation sites is 1. The molecule has 0 saturated heterocycles. The molecule has 5 heteroatoms. The third-order valence-corrected chi connectivity index (χ3v) is 3.96. The van der Waals surface area contributed by atoms with Gasteiger partial charge < -0.3 is 10.1 Å². The van der Waals surface area contributed by atoms with E-state index >= 15 is 0 Å². The summed E-state index contributed by atoms with van der Waals surface area (Å²) in [7, 11) is 0. The third-order valence-electron chi connectivity index (χ3n) is 3.96. The minimum Gasteiger partial charge on any atom is -0.405 e. The van der Waals surface area contributed by atoms with E-state index in [2.05, 4.69) is 23.9 Å². The molecule has 2 nitrogen and oxygen atoms in total. The van der Waals surface area contributed by atoms with Crippen LogP contribution in [0.5, 0.6) is 5.75 Å².